The maximum absolute atomic E-state index is 13.1. The molecule has 712 valence electrons. The number of hydrogen-bond donors (Lipinski definition) is 11. The third-order valence-corrected chi connectivity index (χ3v) is 27.0. The zero-order chi connectivity index (χ0) is 99.0. The minimum Gasteiger partial charge on any atom is -0.393 e. The number of benzene rings is 2. The number of aryl methyl sites for hydroxylation is 6. The molecule has 32 nitrogen and oxygen atoms in total. The number of aliphatic hydroxyl groups excluding tert-OH is 1. The van der Waals surface area contributed by atoms with Crippen molar-refractivity contribution in [3.05, 3.63) is 222 Å². The Morgan fingerprint density at radius 1 is 0.404 bits per heavy atom. The van der Waals surface area contributed by atoms with Crippen LogP contribution in [0, 0.1) is 104 Å². The molecule has 13 heterocycles. The second-order valence-electron chi connectivity index (χ2n) is 37.3. The van der Waals surface area contributed by atoms with Crippen molar-refractivity contribution in [2.45, 2.75) is 150 Å². The molecule has 6 fully saturated rings. The van der Waals surface area contributed by atoms with Gasteiger partial charge in [0.25, 0.3) is 0 Å². The van der Waals surface area contributed by atoms with E-state index in [4.69, 9.17) is 39.2 Å². The molecule has 2 aromatic carbocycles. The number of nitriles is 2. The first-order chi connectivity index (χ1) is 67.9. The van der Waals surface area contributed by atoms with E-state index < -0.39 is 24.2 Å². The highest BCUT2D eigenvalue weighted by atomic mass is 19.1. The molecule has 0 aliphatic heterocycles. The summed E-state index contributed by atoms with van der Waals surface area (Å²) in [4.78, 5) is 130. The average molecular weight is 1890 g/mol. The number of nitrogens with two attached hydrogens (primary N) is 5. The molecule has 0 radical (unpaired) electrons. The smallest absolute Gasteiger partial charge is 0.231 e. The molecule has 0 saturated heterocycles. The van der Waals surface area contributed by atoms with Gasteiger partial charge >= 0.3 is 0 Å². The van der Waals surface area contributed by atoms with Gasteiger partial charge in [0.05, 0.1) is 82.2 Å². The summed E-state index contributed by atoms with van der Waals surface area (Å²) in [5, 5.41) is 48.8. The van der Waals surface area contributed by atoms with Crippen LogP contribution in [0.4, 0.5) is 67.0 Å². The number of aromatic nitrogens is 13. The quantitative estimate of drug-likeness (QED) is 0.0358. The highest BCUT2D eigenvalue weighted by molar-refractivity contribution is 6.06. The van der Waals surface area contributed by atoms with E-state index in [-0.39, 0.29) is 95.7 Å². The number of hydrogen-bond acceptors (Lipinski definition) is 27. The number of halogens is 2. The summed E-state index contributed by atoms with van der Waals surface area (Å²) < 4.78 is 26.1. The molecule has 5 amide bonds. The minimum absolute atomic E-state index is 0.0912. The Morgan fingerprint density at radius 3 is 1.19 bits per heavy atom. The zero-order valence-corrected chi connectivity index (χ0v) is 78.5. The van der Waals surface area contributed by atoms with E-state index in [9.17, 15) is 42.7 Å². The summed E-state index contributed by atoms with van der Waals surface area (Å²) in [5.74, 6) is 0.834. The van der Waals surface area contributed by atoms with Crippen LogP contribution in [-0.2, 0) is 48.0 Å². The molecular weight excluding hydrogens is 1790 g/mol. The first-order valence-electron chi connectivity index (χ1n) is 47.1. The Balaban J connectivity index is 0.000000117. The summed E-state index contributed by atoms with van der Waals surface area (Å²) in [6.45, 7) is 14.3. The van der Waals surface area contributed by atoms with Crippen molar-refractivity contribution in [3.8, 4) is 68.4 Å². The molecule has 141 heavy (non-hydrogen) atoms. The maximum Gasteiger partial charge on any atom is 0.231 e. The number of Topliss-reactive ketones (excluding diaryl/α,β-unsaturated/α-hetero) is 1. The molecule has 7 aliphatic rings. The predicted octanol–water partition coefficient (Wildman–Crippen LogP) is 17.1. The van der Waals surface area contributed by atoms with Crippen LogP contribution in [0.5, 0.6) is 0 Å². The summed E-state index contributed by atoms with van der Waals surface area (Å²) >= 11 is 0. The van der Waals surface area contributed by atoms with E-state index in [2.05, 4.69) is 123 Å². The molecule has 11 atom stereocenters. The number of pyridine rings is 13. The first kappa shape index (κ1) is 94.8. The van der Waals surface area contributed by atoms with Crippen LogP contribution < -0.4 is 55.3 Å². The molecule has 0 spiro atoms. The number of alkyl halides is 2. The van der Waals surface area contributed by atoms with E-state index in [1.807, 2.05) is 144 Å². The summed E-state index contributed by atoms with van der Waals surface area (Å²) in [6.07, 6.45) is 21.5. The van der Waals surface area contributed by atoms with Crippen molar-refractivity contribution in [2.75, 3.05) is 55.3 Å². The van der Waals surface area contributed by atoms with Gasteiger partial charge in [-0.2, -0.15) is 10.5 Å². The number of ketones is 1. The van der Waals surface area contributed by atoms with Gasteiger partial charge in [0.15, 0.2) is 0 Å². The van der Waals surface area contributed by atoms with Gasteiger partial charge in [-0.15, -0.1) is 0 Å². The number of nitrogens with one attached hydrogen (secondary N) is 5. The van der Waals surface area contributed by atoms with Gasteiger partial charge in [-0.1, -0.05) is 69.3 Å². The first-order valence-corrected chi connectivity index (χ1v) is 47.1. The minimum atomic E-state index is -1.04. The zero-order valence-electron chi connectivity index (χ0n) is 78.5. The third-order valence-electron chi connectivity index (χ3n) is 27.0. The fourth-order valence-electron chi connectivity index (χ4n) is 18.1. The Morgan fingerprint density at radius 2 is 0.787 bits per heavy atom. The molecule has 7 aliphatic carbocycles. The Hall–Kier alpha value is -16.5. The lowest BCUT2D eigenvalue weighted by molar-refractivity contribution is -0.132. The Kier molecular flexibility index (Phi) is 26.8. The highest BCUT2D eigenvalue weighted by Gasteiger charge is 2.52. The van der Waals surface area contributed by atoms with Gasteiger partial charge in [-0.05, 0) is 244 Å². The lowest BCUT2D eigenvalue weighted by Gasteiger charge is -2.30. The van der Waals surface area contributed by atoms with Crippen molar-refractivity contribution in [1.82, 2.24) is 64.8 Å². The lowest BCUT2D eigenvalue weighted by atomic mass is 9.78. The number of rotatable bonds is 19. The van der Waals surface area contributed by atoms with Gasteiger partial charge in [-0.3, -0.25) is 43.7 Å². The van der Waals surface area contributed by atoms with E-state index in [0.717, 1.165) is 153 Å². The normalized spacial score (nSPS) is 20.6. The SMILES string of the molecule is CC1CCCc2c(-c3cc4cc(NC(=O)[C@@H]5C[C@H]5C#N)ncc4c(N)n3)cncc21.CCc1cc(-c2cc3cc(NC(=O)[C@@H]4C[C@@H]4F)ncc3c(N)n2)c(C)cn1.CCc1ccccc1-c1cc2cc(NC(=O)[C@@H]3C[C@H]3C(=O)C3CC(O)C3)ncc2c(N)n1.Cc1cc(-c2cc3cc(NC(=O)[C@@H]4C[C@@H]4F)ncc3c(N)n2)c(C)cn1.Cc1ccccc1-c1cc2cc(NC(=O)[C@H]3C[C@@H]3C#N)ncc2c(N)n1. The number of aliphatic hydroxyl groups is 1. The van der Waals surface area contributed by atoms with Gasteiger partial charge in [0, 0.05) is 140 Å². The molecule has 6 saturated carbocycles. The van der Waals surface area contributed by atoms with Crippen molar-refractivity contribution in [2.24, 2.45) is 53.3 Å². The fourth-order valence-corrected chi connectivity index (χ4v) is 18.1. The maximum atomic E-state index is 13.1. The monoisotopic (exact) mass is 1890 g/mol. The van der Waals surface area contributed by atoms with Crippen molar-refractivity contribution >= 4 is 147 Å². The van der Waals surface area contributed by atoms with Crippen molar-refractivity contribution in [1.29, 1.82) is 10.5 Å². The molecule has 0 bridgehead atoms. The van der Waals surface area contributed by atoms with E-state index >= 15 is 0 Å². The molecule has 1 unspecified atom stereocenters. The number of carbonyl (C=O) groups excluding carboxylic acids is 6. The number of nitrogens with zero attached hydrogens (tertiary/aromatic N) is 15. The topological polar surface area (TPSA) is 528 Å². The van der Waals surface area contributed by atoms with Gasteiger partial charge in [0.1, 0.15) is 76.3 Å². The number of amides is 5. The van der Waals surface area contributed by atoms with Crippen LogP contribution in [0.3, 0.4) is 0 Å². The Bertz CT molecular complexity index is 7660. The third kappa shape index (κ3) is 21.0. The number of anilines is 10. The predicted molar refractivity (Wildman–Crippen MR) is 538 cm³/mol. The lowest BCUT2D eigenvalue weighted by Crippen LogP contribution is -2.35. The van der Waals surface area contributed by atoms with Crippen LogP contribution in [0.2, 0.25) is 0 Å². The largest absolute Gasteiger partial charge is 0.393 e. The summed E-state index contributed by atoms with van der Waals surface area (Å²) in [7, 11) is 0. The van der Waals surface area contributed by atoms with Gasteiger partial charge in [0.2, 0.25) is 29.5 Å². The molecule has 16 N–H and O–H groups in total. The van der Waals surface area contributed by atoms with E-state index in [1.165, 1.54) is 23.1 Å². The average Bonchev–Trinajstić information content (AvgIpc) is 1.60. The Labute approximate surface area is 809 Å². The second kappa shape index (κ2) is 39.9. The highest BCUT2D eigenvalue weighted by Crippen LogP contribution is 2.48. The van der Waals surface area contributed by atoms with Crippen LogP contribution >= 0.6 is 0 Å². The standard InChI is InChI=1S/C25H26N4O3.C23H22N6O.C20H20FN5O.C20H17N5O.C19H18FN5O/c1-2-13-5-3-4-6-17(13)21-9-14-10-22(27-12-20(14)24(26)28-21)29-25(32)19-11-18(19)23(31)15-7-16(30)8-15;1-12-3-2-4-15-17(12)9-26-10-19(15)20-6-13-7-21(27-11-18(13)22(25)28-20)29-23(30)16-5-14(16)8-24;1-3-12-6-13(10(2)8-23-12)17-4-11-5-18(24-9-15(11)19(22)25-17)26-20(27)14-7-16(14)21;1-11-4-2-3-5-14(11)17-7-12-8-18(23-10-16(12)19(22)24-17)25-20(26)15-6-13(15)9-21;1-9-7-22-10(2)3-12(9)16-4-11-5-17(23-8-14(11)18(21)24-16)25-19(26)13-6-15(13)20/h3-6,9-10,12,15-16,18-19,30H,2,7-8,11H2,1H3,(H2,26,28)(H,27,29,32);6-7,9-12,14,16H,2-5H2,1H3,(H2,25,28)(H,27,29,30);4-6,8-9,14,16H,3,7H2,1-2H3,(H2,22,25)(H,24,26,27);2-5,7-8,10,13,15H,6H2,1H3,(H2,22,24)(H,23,25,26);3-5,7-8,13,15H,6H2,1-2H3,(H2,21,24)(H,23,25,26)/t15?,16?,18-,19-;12?,14-,16+;14-,16+;2*13-,15+/m10111/s1. The van der Waals surface area contributed by atoms with Crippen LogP contribution in [-0.4, -0.2) is 124 Å². The van der Waals surface area contributed by atoms with Gasteiger partial charge in [-0.25, -0.2) is 58.6 Å². The number of fused-ring (bicyclic) bond motifs is 6. The van der Waals surface area contributed by atoms with E-state index in [1.54, 1.807) is 61.4 Å². The fraction of sp³-hybridized carbons (Fsp3) is 0.299. The van der Waals surface area contributed by atoms with E-state index in [0.29, 0.717) is 107 Å². The molecule has 22 rings (SSSR count). The van der Waals surface area contributed by atoms with Crippen LogP contribution in [0.15, 0.2) is 177 Å². The summed E-state index contributed by atoms with van der Waals surface area (Å²) in [5.41, 5.74) is 48.4. The molecule has 13 aromatic heterocycles. The number of carbonyl (C=O) groups is 6. The molecule has 34 heteroatoms. The van der Waals surface area contributed by atoms with Crippen LogP contribution in [0.1, 0.15) is 129 Å². The second-order valence-corrected chi connectivity index (χ2v) is 37.3. The summed E-state index contributed by atoms with van der Waals surface area (Å²) in [6, 6.07) is 42.9. The molecule has 15 aromatic rings. The van der Waals surface area contributed by atoms with Crippen molar-refractivity contribution in [3.63, 3.8) is 0 Å². The van der Waals surface area contributed by atoms with Gasteiger partial charge < -0.3 is 60.4 Å². The van der Waals surface area contributed by atoms with Crippen molar-refractivity contribution < 1.29 is 42.7 Å². The van der Waals surface area contributed by atoms with Crippen LogP contribution in [0.25, 0.3) is 110 Å². The number of nitrogen functional groups attached to an aromatic ring is 5. The molecular formula is C107H103F2N25O7.